The van der Waals surface area contributed by atoms with Gasteiger partial charge in [-0.05, 0) is 42.6 Å². The monoisotopic (exact) mass is 348 g/mol. The molecule has 0 bridgehead atoms. The van der Waals surface area contributed by atoms with Crippen LogP contribution >= 0.6 is 12.4 Å². The normalized spacial score (nSPS) is 9.88. The molecule has 130 valence electrons. The minimum absolute atomic E-state index is 0. The molecule has 1 amide bonds. The summed E-state index contributed by atoms with van der Waals surface area (Å²) in [6.45, 7) is 1.77. The van der Waals surface area contributed by atoms with Gasteiger partial charge in [-0.15, -0.1) is 12.4 Å². The average Bonchev–Trinajstić information content (AvgIpc) is 2.60. The maximum atomic E-state index is 11.5. The molecule has 0 atom stereocenters. The van der Waals surface area contributed by atoms with Crippen molar-refractivity contribution in [3.63, 3.8) is 0 Å². The Kier molecular flexibility index (Phi) is 9.58. The van der Waals surface area contributed by atoms with Gasteiger partial charge in [-0.25, -0.2) is 0 Å². The van der Waals surface area contributed by atoms with Gasteiger partial charge in [0, 0.05) is 13.0 Å². The Labute approximate surface area is 149 Å². The Morgan fingerprint density at radius 3 is 2.38 bits per heavy atom. The number of nitrogens with two attached hydrogens (primary N) is 1. The Morgan fingerprint density at radius 1 is 1.00 bits per heavy atom. The summed E-state index contributed by atoms with van der Waals surface area (Å²) in [5.41, 5.74) is 7.71. The summed E-state index contributed by atoms with van der Waals surface area (Å²) >= 11 is 0. The van der Waals surface area contributed by atoms with Gasteiger partial charge in [-0.2, -0.15) is 0 Å². The number of benzene rings is 2. The van der Waals surface area contributed by atoms with Crippen molar-refractivity contribution in [2.75, 3.05) is 13.1 Å². The highest BCUT2D eigenvalue weighted by molar-refractivity contribution is 5.85. The van der Waals surface area contributed by atoms with Crippen LogP contribution in [-0.2, 0) is 17.8 Å². The van der Waals surface area contributed by atoms with E-state index < -0.39 is 0 Å². The van der Waals surface area contributed by atoms with Gasteiger partial charge in [0.05, 0.1) is 0 Å². The van der Waals surface area contributed by atoms with Crippen LogP contribution in [0.3, 0.4) is 0 Å². The summed E-state index contributed by atoms with van der Waals surface area (Å²) in [4.78, 5) is 11.5. The van der Waals surface area contributed by atoms with E-state index >= 15 is 0 Å². The van der Waals surface area contributed by atoms with E-state index in [2.05, 4.69) is 5.32 Å². The lowest BCUT2D eigenvalue weighted by atomic mass is 10.1. The van der Waals surface area contributed by atoms with Crippen LogP contribution in [0.5, 0.6) is 5.75 Å². The summed E-state index contributed by atoms with van der Waals surface area (Å²) in [6.07, 6.45) is 2.05. The topological polar surface area (TPSA) is 64.4 Å². The predicted molar refractivity (Wildman–Crippen MR) is 99.5 cm³/mol. The second-order valence-electron chi connectivity index (χ2n) is 5.41. The molecule has 2 rings (SSSR count). The minimum Gasteiger partial charge on any atom is -0.489 e. The average molecular weight is 349 g/mol. The molecule has 0 saturated carbocycles. The fourth-order valence-electron chi connectivity index (χ4n) is 2.19. The van der Waals surface area contributed by atoms with Crippen LogP contribution in [-0.4, -0.2) is 19.0 Å². The van der Waals surface area contributed by atoms with Gasteiger partial charge in [-0.3, -0.25) is 4.79 Å². The van der Waals surface area contributed by atoms with Crippen LogP contribution in [0.25, 0.3) is 0 Å². The van der Waals surface area contributed by atoms with E-state index in [1.807, 2.05) is 54.6 Å². The second kappa shape index (κ2) is 11.5. The lowest BCUT2D eigenvalue weighted by Gasteiger charge is -2.08. The van der Waals surface area contributed by atoms with Crippen molar-refractivity contribution in [1.82, 2.24) is 5.32 Å². The molecule has 2 aromatic carbocycles. The highest BCUT2D eigenvalue weighted by Crippen LogP contribution is 2.14. The second-order valence-corrected chi connectivity index (χ2v) is 5.41. The molecule has 0 aliphatic carbocycles. The van der Waals surface area contributed by atoms with Crippen LogP contribution in [0, 0.1) is 0 Å². The van der Waals surface area contributed by atoms with Gasteiger partial charge in [0.1, 0.15) is 12.4 Å². The first-order valence-corrected chi connectivity index (χ1v) is 8.00. The standard InChI is InChI=1S/C19H24N2O2.ClH/c20-13-4-7-19(22)21-14-12-16-8-10-18(11-9-16)23-15-17-5-2-1-3-6-17;/h1-3,5-6,8-11H,4,7,12-15,20H2,(H,21,22);1H. The van der Waals surface area contributed by atoms with E-state index in [0.29, 0.717) is 26.1 Å². The molecule has 4 nitrogen and oxygen atoms in total. The Balaban J connectivity index is 0.00000288. The maximum Gasteiger partial charge on any atom is 0.220 e. The molecule has 0 unspecified atom stereocenters. The zero-order valence-corrected chi connectivity index (χ0v) is 14.6. The number of carbonyl (C=O) groups is 1. The molecular weight excluding hydrogens is 324 g/mol. The van der Waals surface area contributed by atoms with Crippen LogP contribution in [0.15, 0.2) is 54.6 Å². The molecule has 24 heavy (non-hydrogen) atoms. The van der Waals surface area contributed by atoms with Crippen molar-refractivity contribution in [2.24, 2.45) is 5.73 Å². The number of halogens is 1. The molecule has 0 heterocycles. The van der Waals surface area contributed by atoms with Gasteiger partial charge in [-0.1, -0.05) is 42.5 Å². The summed E-state index contributed by atoms with van der Waals surface area (Å²) < 4.78 is 5.75. The van der Waals surface area contributed by atoms with Gasteiger partial charge in [0.25, 0.3) is 0 Å². The van der Waals surface area contributed by atoms with E-state index in [4.69, 9.17) is 10.5 Å². The third kappa shape index (κ3) is 7.49. The number of carbonyl (C=O) groups excluding carboxylic acids is 1. The van der Waals surface area contributed by atoms with E-state index in [0.717, 1.165) is 24.2 Å². The fourth-order valence-corrected chi connectivity index (χ4v) is 2.19. The lowest BCUT2D eigenvalue weighted by Crippen LogP contribution is -2.25. The number of amides is 1. The molecule has 0 fully saturated rings. The molecule has 5 heteroatoms. The molecule has 0 aromatic heterocycles. The molecule has 0 aliphatic rings. The van der Waals surface area contributed by atoms with Crippen molar-refractivity contribution in [2.45, 2.75) is 25.9 Å². The number of hydrogen-bond donors (Lipinski definition) is 2. The quantitative estimate of drug-likeness (QED) is 0.732. The molecule has 3 N–H and O–H groups in total. The molecule has 0 spiro atoms. The minimum atomic E-state index is 0. The van der Waals surface area contributed by atoms with Crippen molar-refractivity contribution in [3.8, 4) is 5.75 Å². The number of hydrogen-bond acceptors (Lipinski definition) is 3. The summed E-state index contributed by atoms with van der Waals surface area (Å²) in [5.74, 6) is 0.919. The fraction of sp³-hybridized carbons (Fsp3) is 0.316. The van der Waals surface area contributed by atoms with Gasteiger partial charge < -0.3 is 15.8 Å². The zero-order valence-electron chi connectivity index (χ0n) is 13.7. The van der Waals surface area contributed by atoms with Crippen LogP contribution in [0.1, 0.15) is 24.0 Å². The van der Waals surface area contributed by atoms with E-state index in [9.17, 15) is 4.79 Å². The highest BCUT2D eigenvalue weighted by atomic mass is 35.5. The van der Waals surface area contributed by atoms with Crippen molar-refractivity contribution < 1.29 is 9.53 Å². The van der Waals surface area contributed by atoms with E-state index in [1.54, 1.807) is 0 Å². The van der Waals surface area contributed by atoms with Crippen molar-refractivity contribution in [1.29, 1.82) is 0 Å². The molecule has 0 radical (unpaired) electrons. The first-order chi connectivity index (χ1) is 11.3. The SMILES string of the molecule is Cl.NCCCC(=O)NCCc1ccc(OCc2ccccc2)cc1. The maximum absolute atomic E-state index is 11.5. The van der Waals surface area contributed by atoms with Gasteiger partial charge >= 0.3 is 0 Å². The first kappa shape index (κ1) is 20.0. The number of ether oxygens (including phenoxy) is 1. The van der Waals surface area contributed by atoms with Crippen molar-refractivity contribution in [3.05, 3.63) is 65.7 Å². The van der Waals surface area contributed by atoms with Gasteiger partial charge in [0.15, 0.2) is 0 Å². The van der Waals surface area contributed by atoms with Gasteiger partial charge in [0.2, 0.25) is 5.91 Å². The predicted octanol–water partition coefficient (Wildman–Crippen LogP) is 3.09. The highest BCUT2D eigenvalue weighted by Gasteiger charge is 2.01. The molecule has 0 saturated heterocycles. The lowest BCUT2D eigenvalue weighted by molar-refractivity contribution is -0.121. The van der Waals surface area contributed by atoms with Crippen LogP contribution < -0.4 is 15.8 Å². The summed E-state index contributed by atoms with van der Waals surface area (Å²) in [5, 5.41) is 2.90. The Bertz CT molecular complexity index is 588. The van der Waals surface area contributed by atoms with E-state index in [1.165, 1.54) is 5.56 Å². The summed E-state index contributed by atoms with van der Waals surface area (Å²) in [7, 11) is 0. The van der Waals surface area contributed by atoms with Crippen molar-refractivity contribution >= 4 is 18.3 Å². The first-order valence-electron chi connectivity index (χ1n) is 8.00. The molecule has 0 aliphatic heterocycles. The molecular formula is C19H25ClN2O2. The van der Waals surface area contributed by atoms with Crippen LogP contribution in [0.4, 0.5) is 0 Å². The number of rotatable bonds is 9. The third-order valence-electron chi connectivity index (χ3n) is 3.52. The van der Waals surface area contributed by atoms with Crippen LogP contribution in [0.2, 0.25) is 0 Å². The Morgan fingerprint density at radius 2 is 1.71 bits per heavy atom. The number of nitrogens with one attached hydrogen (secondary N) is 1. The smallest absolute Gasteiger partial charge is 0.220 e. The molecule has 2 aromatic rings. The zero-order chi connectivity index (χ0) is 16.3. The largest absolute Gasteiger partial charge is 0.489 e. The third-order valence-corrected chi connectivity index (χ3v) is 3.52. The summed E-state index contributed by atoms with van der Waals surface area (Å²) in [6, 6.07) is 18.1. The van der Waals surface area contributed by atoms with E-state index in [-0.39, 0.29) is 18.3 Å². The Hall–Kier alpha value is -2.04.